The molecule has 2 heterocycles. The Balaban J connectivity index is 1.61. The fourth-order valence-corrected chi connectivity index (χ4v) is 2.85. The van der Waals surface area contributed by atoms with E-state index in [-0.39, 0.29) is 6.10 Å². The van der Waals surface area contributed by atoms with Gasteiger partial charge in [0.05, 0.1) is 12.2 Å². The van der Waals surface area contributed by atoms with Crippen LogP contribution in [0, 0.1) is 0 Å². The number of ether oxygens (including phenoxy) is 1. The standard InChI is InChI=1S/C18H21NO/c1-2-11-19(14-15-6-4-3-5-7-15)12-10-16-13-17-8-9-18(16)20-17/h2-10,17-18H,1,11-14H2/b16-10-. The monoisotopic (exact) mass is 267 g/mol. The molecule has 3 rings (SSSR count). The van der Waals surface area contributed by atoms with Crippen LogP contribution < -0.4 is 0 Å². The summed E-state index contributed by atoms with van der Waals surface area (Å²) in [5, 5.41) is 0. The second-order valence-corrected chi connectivity index (χ2v) is 5.43. The Morgan fingerprint density at radius 2 is 2.05 bits per heavy atom. The van der Waals surface area contributed by atoms with Gasteiger partial charge in [-0.05, 0) is 11.1 Å². The van der Waals surface area contributed by atoms with E-state index >= 15 is 0 Å². The van der Waals surface area contributed by atoms with E-state index in [0.717, 1.165) is 26.1 Å². The first-order valence-corrected chi connectivity index (χ1v) is 7.25. The van der Waals surface area contributed by atoms with Crippen LogP contribution in [0.5, 0.6) is 0 Å². The van der Waals surface area contributed by atoms with E-state index in [2.05, 4.69) is 60.0 Å². The summed E-state index contributed by atoms with van der Waals surface area (Å²) >= 11 is 0. The van der Waals surface area contributed by atoms with E-state index in [0.29, 0.717) is 6.10 Å². The predicted octanol–water partition coefficient (Wildman–Crippen LogP) is 3.33. The van der Waals surface area contributed by atoms with E-state index in [1.165, 1.54) is 11.1 Å². The summed E-state index contributed by atoms with van der Waals surface area (Å²) in [5.74, 6) is 0. The van der Waals surface area contributed by atoms with E-state index in [1.807, 2.05) is 6.08 Å². The van der Waals surface area contributed by atoms with Crippen molar-refractivity contribution in [3.05, 3.63) is 72.4 Å². The van der Waals surface area contributed by atoms with Gasteiger partial charge in [-0.2, -0.15) is 0 Å². The molecule has 2 atom stereocenters. The molecule has 2 aliphatic heterocycles. The van der Waals surface area contributed by atoms with Gasteiger partial charge in [0.25, 0.3) is 0 Å². The smallest absolute Gasteiger partial charge is 0.0977 e. The molecule has 2 bridgehead atoms. The molecular formula is C18H21NO. The molecule has 0 amide bonds. The van der Waals surface area contributed by atoms with Crippen LogP contribution in [-0.2, 0) is 11.3 Å². The fourth-order valence-electron chi connectivity index (χ4n) is 2.85. The van der Waals surface area contributed by atoms with Gasteiger partial charge >= 0.3 is 0 Å². The zero-order valence-corrected chi connectivity index (χ0v) is 11.7. The molecule has 104 valence electrons. The van der Waals surface area contributed by atoms with Crippen molar-refractivity contribution in [2.45, 2.75) is 25.2 Å². The van der Waals surface area contributed by atoms with Gasteiger partial charge in [-0.1, -0.05) is 54.6 Å². The molecule has 2 nitrogen and oxygen atoms in total. The molecule has 2 unspecified atom stereocenters. The molecule has 0 N–H and O–H groups in total. The lowest BCUT2D eigenvalue weighted by Crippen LogP contribution is -2.24. The van der Waals surface area contributed by atoms with E-state index in [1.54, 1.807) is 0 Å². The number of hydrogen-bond donors (Lipinski definition) is 0. The van der Waals surface area contributed by atoms with Gasteiger partial charge in [0.2, 0.25) is 0 Å². The number of nitrogens with zero attached hydrogens (tertiary/aromatic N) is 1. The first-order valence-electron chi connectivity index (χ1n) is 7.25. The molecule has 0 aliphatic carbocycles. The first-order chi connectivity index (χ1) is 9.85. The number of benzene rings is 1. The third-order valence-corrected chi connectivity index (χ3v) is 3.87. The Hall–Kier alpha value is -1.64. The van der Waals surface area contributed by atoms with E-state index < -0.39 is 0 Å². The van der Waals surface area contributed by atoms with Crippen molar-refractivity contribution in [2.75, 3.05) is 13.1 Å². The maximum atomic E-state index is 5.78. The zero-order chi connectivity index (χ0) is 13.8. The minimum absolute atomic E-state index is 0.238. The van der Waals surface area contributed by atoms with Crippen LogP contribution in [0.4, 0.5) is 0 Å². The highest BCUT2D eigenvalue weighted by Gasteiger charge is 2.31. The molecule has 2 heteroatoms. The molecule has 1 fully saturated rings. The maximum absolute atomic E-state index is 5.78. The molecule has 1 aromatic carbocycles. The molecule has 0 aromatic heterocycles. The van der Waals surface area contributed by atoms with Crippen molar-refractivity contribution in [1.82, 2.24) is 4.90 Å². The van der Waals surface area contributed by atoms with Crippen molar-refractivity contribution in [1.29, 1.82) is 0 Å². The third-order valence-electron chi connectivity index (χ3n) is 3.87. The molecule has 0 saturated carbocycles. The predicted molar refractivity (Wildman–Crippen MR) is 82.4 cm³/mol. The fraction of sp³-hybridized carbons (Fsp3) is 0.333. The lowest BCUT2D eigenvalue weighted by atomic mass is 10.0. The quantitative estimate of drug-likeness (QED) is 0.733. The highest BCUT2D eigenvalue weighted by Crippen LogP contribution is 2.32. The second kappa shape index (κ2) is 6.21. The van der Waals surface area contributed by atoms with Crippen molar-refractivity contribution in [3.63, 3.8) is 0 Å². The summed E-state index contributed by atoms with van der Waals surface area (Å²) in [4.78, 5) is 2.39. The van der Waals surface area contributed by atoms with E-state index in [4.69, 9.17) is 4.74 Å². The van der Waals surface area contributed by atoms with Crippen LogP contribution in [0.1, 0.15) is 12.0 Å². The molecule has 0 radical (unpaired) electrons. The summed E-state index contributed by atoms with van der Waals surface area (Å²) < 4.78 is 5.78. The van der Waals surface area contributed by atoms with Gasteiger partial charge in [0, 0.05) is 26.1 Å². The molecule has 20 heavy (non-hydrogen) atoms. The Morgan fingerprint density at radius 3 is 2.70 bits per heavy atom. The SMILES string of the molecule is C=CCN(C/C=C1/CC2C=CC1O2)Cc1ccccc1. The summed E-state index contributed by atoms with van der Waals surface area (Å²) in [6.07, 6.45) is 10.3. The zero-order valence-electron chi connectivity index (χ0n) is 11.7. The Kier molecular flexibility index (Phi) is 4.14. The minimum Gasteiger partial charge on any atom is -0.362 e. The summed E-state index contributed by atoms with van der Waals surface area (Å²) in [5.41, 5.74) is 2.77. The van der Waals surface area contributed by atoms with Gasteiger partial charge in [0.1, 0.15) is 0 Å². The average Bonchev–Trinajstić information content (AvgIpc) is 3.09. The van der Waals surface area contributed by atoms with Crippen molar-refractivity contribution in [3.8, 4) is 0 Å². The average molecular weight is 267 g/mol. The minimum atomic E-state index is 0.238. The normalized spacial score (nSPS) is 25.8. The third kappa shape index (κ3) is 3.09. The lowest BCUT2D eigenvalue weighted by Gasteiger charge is -2.19. The number of fused-ring (bicyclic) bond motifs is 2. The van der Waals surface area contributed by atoms with Crippen LogP contribution in [0.3, 0.4) is 0 Å². The highest BCUT2D eigenvalue weighted by atomic mass is 16.5. The van der Waals surface area contributed by atoms with Crippen molar-refractivity contribution >= 4 is 0 Å². The maximum Gasteiger partial charge on any atom is 0.0977 e. The molecule has 1 aromatic rings. The van der Waals surface area contributed by atoms with E-state index in [9.17, 15) is 0 Å². The van der Waals surface area contributed by atoms with Gasteiger partial charge in [-0.15, -0.1) is 6.58 Å². The van der Waals surface area contributed by atoms with Crippen molar-refractivity contribution < 1.29 is 4.74 Å². The Bertz CT molecular complexity index is 517. The molecule has 1 saturated heterocycles. The largest absolute Gasteiger partial charge is 0.362 e. The van der Waals surface area contributed by atoms with Gasteiger partial charge < -0.3 is 4.74 Å². The van der Waals surface area contributed by atoms with Crippen LogP contribution >= 0.6 is 0 Å². The molecular weight excluding hydrogens is 246 g/mol. The second-order valence-electron chi connectivity index (χ2n) is 5.43. The van der Waals surface area contributed by atoms with Gasteiger partial charge in [-0.3, -0.25) is 4.90 Å². The van der Waals surface area contributed by atoms with Gasteiger partial charge in [0.15, 0.2) is 0 Å². The summed E-state index contributed by atoms with van der Waals surface area (Å²) in [6, 6.07) is 10.6. The Labute approximate surface area is 121 Å². The van der Waals surface area contributed by atoms with Crippen LogP contribution in [0.25, 0.3) is 0 Å². The topological polar surface area (TPSA) is 12.5 Å². The lowest BCUT2D eigenvalue weighted by molar-refractivity contribution is 0.127. The summed E-state index contributed by atoms with van der Waals surface area (Å²) in [7, 11) is 0. The molecule has 2 aliphatic rings. The van der Waals surface area contributed by atoms with Gasteiger partial charge in [-0.25, -0.2) is 0 Å². The summed E-state index contributed by atoms with van der Waals surface area (Å²) in [6.45, 7) is 6.68. The first kappa shape index (κ1) is 13.3. The van der Waals surface area contributed by atoms with Crippen LogP contribution in [0.15, 0.2) is 66.8 Å². The highest BCUT2D eigenvalue weighted by molar-refractivity contribution is 5.29. The number of hydrogen-bond acceptors (Lipinski definition) is 2. The number of rotatable bonds is 6. The van der Waals surface area contributed by atoms with Crippen LogP contribution in [-0.4, -0.2) is 30.2 Å². The Morgan fingerprint density at radius 1 is 1.20 bits per heavy atom. The molecule has 0 spiro atoms. The van der Waals surface area contributed by atoms with Crippen LogP contribution in [0.2, 0.25) is 0 Å². The van der Waals surface area contributed by atoms with Crippen molar-refractivity contribution in [2.24, 2.45) is 0 Å².